The standard InChI is InChI=1S/C27H33N7O2/c1-20-19-28-25(31-26(20)34-15-17-36-18-16-34)21-3-5-22(6-4-21)29-27(35)30-23-7-9-24(10-8-23)33-13-11-32(2)12-14-33/h3-10,19H,11-18H2,1-2H3,(H2,29,30,35). The van der Waals surface area contributed by atoms with Crippen molar-refractivity contribution in [1.29, 1.82) is 0 Å². The average molecular weight is 488 g/mol. The molecule has 0 saturated carbocycles. The number of ether oxygens (including phenoxy) is 1. The van der Waals surface area contributed by atoms with Gasteiger partial charge in [0.15, 0.2) is 5.82 Å². The van der Waals surface area contributed by atoms with Gasteiger partial charge in [0.05, 0.1) is 13.2 Å². The van der Waals surface area contributed by atoms with Gasteiger partial charge in [-0.2, -0.15) is 0 Å². The Morgan fingerprint density at radius 2 is 1.44 bits per heavy atom. The van der Waals surface area contributed by atoms with Gasteiger partial charge in [-0.1, -0.05) is 0 Å². The maximum absolute atomic E-state index is 12.5. The Kier molecular flexibility index (Phi) is 7.29. The molecule has 1 aromatic heterocycles. The number of hydrogen-bond donors (Lipinski definition) is 2. The van der Waals surface area contributed by atoms with Gasteiger partial charge in [-0.15, -0.1) is 0 Å². The van der Waals surface area contributed by atoms with Gasteiger partial charge in [-0.25, -0.2) is 14.8 Å². The van der Waals surface area contributed by atoms with Crippen LogP contribution in [0.5, 0.6) is 0 Å². The van der Waals surface area contributed by atoms with Crippen LogP contribution in [0, 0.1) is 6.92 Å². The van der Waals surface area contributed by atoms with Gasteiger partial charge in [-0.3, -0.25) is 0 Å². The summed E-state index contributed by atoms with van der Waals surface area (Å²) < 4.78 is 5.46. The molecule has 9 nitrogen and oxygen atoms in total. The highest BCUT2D eigenvalue weighted by Crippen LogP contribution is 2.24. The predicted octanol–water partition coefficient (Wildman–Crippen LogP) is 3.68. The zero-order chi connectivity index (χ0) is 24.9. The molecule has 3 aromatic rings. The third kappa shape index (κ3) is 5.75. The molecule has 2 fully saturated rings. The van der Waals surface area contributed by atoms with Crippen molar-refractivity contribution in [3.63, 3.8) is 0 Å². The van der Waals surface area contributed by atoms with Crippen LogP contribution in [-0.4, -0.2) is 80.4 Å². The van der Waals surface area contributed by atoms with Crippen LogP contribution in [0.3, 0.4) is 0 Å². The lowest BCUT2D eigenvalue weighted by Crippen LogP contribution is -2.44. The number of rotatable bonds is 5. The fourth-order valence-corrected chi connectivity index (χ4v) is 4.48. The molecule has 2 saturated heterocycles. The van der Waals surface area contributed by atoms with Crippen molar-refractivity contribution in [1.82, 2.24) is 14.9 Å². The second kappa shape index (κ2) is 10.9. The summed E-state index contributed by atoms with van der Waals surface area (Å²) >= 11 is 0. The van der Waals surface area contributed by atoms with E-state index in [0.717, 1.165) is 61.9 Å². The molecule has 0 bridgehead atoms. The quantitative estimate of drug-likeness (QED) is 0.568. The molecule has 2 N–H and O–H groups in total. The molecule has 0 atom stereocenters. The van der Waals surface area contributed by atoms with E-state index in [1.54, 1.807) is 0 Å². The molecule has 2 aromatic carbocycles. The van der Waals surface area contributed by atoms with Crippen molar-refractivity contribution in [2.75, 3.05) is 80.0 Å². The monoisotopic (exact) mass is 487 g/mol. The van der Waals surface area contributed by atoms with Crippen LogP contribution >= 0.6 is 0 Å². The molecule has 0 aliphatic carbocycles. The molecule has 9 heteroatoms. The molecule has 3 heterocycles. The van der Waals surface area contributed by atoms with Gasteiger partial charge < -0.3 is 30.1 Å². The predicted molar refractivity (Wildman–Crippen MR) is 144 cm³/mol. The largest absolute Gasteiger partial charge is 0.378 e. The lowest BCUT2D eigenvalue weighted by atomic mass is 10.2. The normalized spacial score (nSPS) is 16.6. The summed E-state index contributed by atoms with van der Waals surface area (Å²) in [7, 11) is 2.15. The number of urea groups is 1. The highest BCUT2D eigenvalue weighted by molar-refractivity contribution is 5.99. The smallest absolute Gasteiger partial charge is 0.323 e. The Labute approximate surface area is 212 Å². The van der Waals surface area contributed by atoms with Crippen LogP contribution in [0.25, 0.3) is 11.4 Å². The Balaban J connectivity index is 1.18. The van der Waals surface area contributed by atoms with Crippen molar-refractivity contribution in [2.45, 2.75) is 6.92 Å². The molecular weight excluding hydrogens is 454 g/mol. The maximum Gasteiger partial charge on any atom is 0.323 e. The van der Waals surface area contributed by atoms with Gasteiger partial charge in [0.1, 0.15) is 5.82 Å². The zero-order valence-electron chi connectivity index (χ0n) is 20.9. The Morgan fingerprint density at radius 3 is 2.08 bits per heavy atom. The van der Waals surface area contributed by atoms with E-state index in [2.05, 4.69) is 49.5 Å². The fourth-order valence-electron chi connectivity index (χ4n) is 4.48. The molecule has 2 aliphatic rings. The summed E-state index contributed by atoms with van der Waals surface area (Å²) in [5, 5.41) is 5.80. The first-order valence-electron chi connectivity index (χ1n) is 12.4. The van der Waals surface area contributed by atoms with Crippen LogP contribution in [-0.2, 0) is 4.74 Å². The number of piperazine rings is 1. The number of anilines is 4. The Bertz CT molecular complexity index is 1170. The number of aryl methyl sites for hydroxylation is 1. The summed E-state index contributed by atoms with van der Waals surface area (Å²) in [5.41, 5.74) is 4.58. The number of likely N-dealkylation sites (N-methyl/N-ethyl adjacent to an activating group) is 1. The first-order valence-corrected chi connectivity index (χ1v) is 12.4. The highest BCUT2D eigenvalue weighted by atomic mass is 16.5. The van der Waals surface area contributed by atoms with Crippen molar-refractivity contribution < 1.29 is 9.53 Å². The highest BCUT2D eigenvalue weighted by Gasteiger charge is 2.17. The molecule has 0 unspecified atom stereocenters. The molecule has 5 rings (SSSR count). The third-order valence-corrected chi connectivity index (χ3v) is 6.65. The van der Waals surface area contributed by atoms with Gasteiger partial charge in [-0.05, 0) is 62.5 Å². The van der Waals surface area contributed by atoms with E-state index in [1.807, 2.05) is 49.5 Å². The van der Waals surface area contributed by atoms with Gasteiger partial charge >= 0.3 is 6.03 Å². The van der Waals surface area contributed by atoms with Crippen LogP contribution in [0.1, 0.15) is 5.56 Å². The average Bonchev–Trinajstić information content (AvgIpc) is 2.91. The summed E-state index contributed by atoms with van der Waals surface area (Å²) in [6.07, 6.45) is 1.86. The molecular formula is C27H33N7O2. The number of nitrogens with zero attached hydrogens (tertiary/aromatic N) is 5. The van der Waals surface area contributed by atoms with Crippen LogP contribution in [0.4, 0.5) is 27.7 Å². The number of nitrogens with one attached hydrogen (secondary N) is 2. The van der Waals surface area contributed by atoms with Crippen molar-refractivity contribution in [3.8, 4) is 11.4 Å². The van der Waals surface area contributed by atoms with E-state index < -0.39 is 0 Å². The van der Waals surface area contributed by atoms with E-state index >= 15 is 0 Å². The second-order valence-corrected chi connectivity index (χ2v) is 9.29. The van der Waals surface area contributed by atoms with Crippen molar-refractivity contribution in [3.05, 3.63) is 60.3 Å². The number of carbonyl (C=O) groups excluding carboxylic acids is 1. The van der Waals surface area contributed by atoms with Crippen molar-refractivity contribution in [2.24, 2.45) is 0 Å². The molecule has 0 radical (unpaired) electrons. The van der Waals surface area contributed by atoms with Crippen LogP contribution in [0.15, 0.2) is 54.7 Å². The molecule has 2 aliphatic heterocycles. The molecule has 0 spiro atoms. The fraction of sp³-hybridized carbons (Fsp3) is 0.370. The Hall–Kier alpha value is -3.69. The van der Waals surface area contributed by atoms with Crippen LogP contribution < -0.4 is 20.4 Å². The summed E-state index contributed by atoms with van der Waals surface area (Å²) in [6.45, 7) is 9.26. The molecule has 36 heavy (non-hydrogen) atoms. The van der Waals surface area contributed by atoms with Gasteiger partial charge in [0, 0.05) is 73.7 Å². The summed E-state index contributed by atoms with van der Waals surface area (Å²) in [6, 6.07) is 15.3. The number of carbonyl (C=O) groups is 1. The lowest BCUT2D eigenvalue weighted by Gasteiger charge is -2.34. The lowest BCUT2D eigenvalue weighted by molar-refractivity contribution is 0.122. The van der Waals surface area contributed by atoms with E-state index in [0.29, 0.717) is 24.7 Å². The Morgan fingerprint density at radius 1 is 0.833 bits per heavy atom. The number of hydrogen-bond acceptors (Lipinski definition) is 7. The topological polar surface area (TPSA) is 85.9 Å². The molecule has 2 amide bonds. The minimum Gasteiger partial charge on any atom is -0.378 e. The molecule has 188 valence electrons. The van der Waals surface area contributed by atoms with E-state index in [-0.39, 0.29) is 6.03 Å². The maximum atomic E-state index is 12.5. The number of morpholine rings is 1. The minimum atomic E-state index is -0.281. The van der Waals surface area contributed by atoms with Crippen molar-refractivity contribution >= 4 is 28.9 Å². The second-order valence-electron chi connectivity index (χ2n) is 9.29. The van der Waals surface area contributed by atoms with E-state index in [1.165, 1.54) is 5.69 Å². The third-order valence-electron chi connectivity index (χ3n) is 6.65. The zero-order valence-corrected chi connectivity index (χ0v) is 20.9. The van der Waals surface area contributed by atoms with E-state index in [4.69, 9.17) is 9.72 Å². The van der Waals surface area contributed by atoms with E-state index in [9.17, 15) is 4.79 Å². The number of benzene rings is 2. The first-order chi connectivity index (χ1) is 17.5. The number of aromatic nitrogens is 2. The minimum absolute atomic E-state index is 0.281. The summed E-state index contributed by atoms with van der Waals surface area (Å²) in [5.74, 6) is 1.61. The first kappa shape index (κ1) is 24.0. The SMILES string of the molecule is Cc1cnc(-c2ccc(NC(=O)Nc3ccc(N4CCN(C)CC4)cc3)cc2)nc1N1CCOCC1. The van der Waals surface area contributed by atoms with Crippen LogP contribution in [0.2, 0.25) is 0 Å². The van der Waals surface area contributed by atoms with Gasteiger partial charge in [0.25, 0.3) is 0 Å². The number of amides is 2. The van der Waals surface area contributed by atoms with Gasteiger partial charge in [0.2, 0.25) is 0 Å². The summed E-state index contributed by atoms with van der Waals surface area (Å²) in [4.78, 5) is 28.8.